The fourth-order valence-electron chi connectivity index (χ4n) is 1.47. The molecule has 6 nitrogen and oxygen atoms in total. The molecule has 0 bridgehead atoms. The van der Waals surface area contributed by atoms with Crippen LogP contribution in [0.25, 0.3) is 0 Å². The Kier molecular flexibility index (Phi) is 4.30. The predicted molar refractivity (Wildman–Crippen MR) is 73.4 cm³/mol. The lowest BCUT2D eigenvalue weighted by Gasteiger charge is -2.06. The lowest BCUT2D eigenvalue weighted by atomic mass is 10.2. The van der Waals surface area contributed by atoms with Crippen LogP contribution >= 0.6 is 11.5 Å². The topological polar surface area (TPSA) is 90.1 Å². The van der Waals surface area contributed by atoms with Gasteiger partial charge in [-0.05, 0) is 31.2 Å². The molecule has 0 unspecified atom stereocenters. The minimum Gasteiger partial charge on any atom is -0.487 e. The van der Waals surface area contributed by atoms with Gasteiger partial charge in [-0.3, -0.25) is 4.79 Å². The summed E-state index contributed by atoms with van der Waals surface area (Å²) in [7, 11) is 0. The number of hydrogen-bond acceptors (Lipinski definition) is 6. The van der Waals surface area contributed by atoms with Crippen LogP contribution in [0.1, 0.15) is 23.0 Å². The summed E-state index contributed by atoms with van der Waals surface area (Å²) in [5.74, 6) is 0.199. The number of amides is 1. The molecule has 0 fully saturated rings. The number of rotatable bonds is 6. The molecule has 100 valence electrons. The van der Waals surface area contributed by atoms with Crippen LogP contribution in [-0.2, 0) is 6.61 Å². The lowest BCUT2D eigenvalue weighted by Crippen LogP contribution is -2.10. The summed E-state index contributed by atoms with van der Waals surface area (Å²) >= 11 is 1.30. The molecule has 0 saturated heterocycles. The molecule has 1 amide bonds. The van der Waals surface area contributed by atoms with Gasteiger partial charge in [0, 0.05) is 23.6 Å². The number of nitrogens with zero attached hydrogens (tertiary/aromatic N) is 2. The maximum atomic E-state index is 10.9. The minimum absolute atomic E-state index is 0.328. The number of aromatic nitrogens is 2. The van der Waals surface area contributed by atoms with Crippen molar-refractivity contribution in [1.29, 1.82) is 0 Å². The molecule has 0 aliphatic carbocycles. The molecule has 2 aromatic rings. The maximum Gasteiger partial charge on any atom is 0.248 e. The summed E-state index contributed by atoms with van der Waals surface area (Å²) in [6.45, 7) is 3.14. The normalized spacial score (nSPS) is 10.2. The van der Waals surface area contributed by atoms with Crippen molar-refractivity contribution in [2.75, 3.05) is 11.9 Å². The van der Waals surface area contributed by atoms with Crippen molar-refractivity contribution in [3.05, 3.63) is 35.5 Å². The van der Waals surface area contributed by atoms with Crippen LogP contribution in [0.3, 0.4) is 0 Å². The Morgan fingerprint density at radius 3 is 2.79 bits per heavy atom. The lowest BCUT2D eigenvalue weighted by molar-refractivity contribution is 0.100. The van der Waals surface area contributed by atoms with E-state index in [1.807, 2.05) is 6.92 Å². The first kappa shape index (κ1) is 13.3. The van der Waals surface area contributed by atoms with Crippen molar-refractivity contribution in [3.63, 3.8) is 0 Å². The largest absolute Gasteiger partial charge is 0.487 e. The highest BCUT2D eigenvalue weighted by Crippen LogP contribution is 2.20. The highest BCUT2D eigenvalue weighted by molar-refractivity contribution is 7.10. The van der Waals surface area contributed by atoms with Gasteiger partial charge >= 0.3 is 0 Å². The Hall–Kier alpha value is -2.15. The molecule has 7 heteroatoms. The number of nitrogens with two attached hydrogens (primary N) is 1. The molecule has 2 rings (SSSR count). The molecule has 1 aromatic carbocycles. The SMILES string of the molecule is CCNc1snnc1COc1ccc(C(N)=O)cc1. The second kappa shape index (κ2) is 6.14. The Bertz CT molecular complexity index is 553. The highest BCUT2D eigenvalue weighted by Gasteiger charge is 2.08. The monoisotopic (exact) mass is 278 g/mol. The van der Waals surface area contributed by atoms with Gasteiger partial charge in [0.1, 0.15) is 23.1 Å². The van der Waals surface area contributed by atoms with Crippen molar-refractivity contribution >= 4 is 22.4 Å². The molecule has 0 saturated carbocycles. The van der Waals surface area contributed by atoms with Gasteiger partial charge in [0.05, 0.1) is 0 Å². The molecule has 0 radical (unpaired) electrons. The number of carbonyl (C=O) groups excluding carboxylic acids is 1. The van der Waals surface area contributed by atoms with E-state index in [0.29, 0.717) is 17.9 Å². The summed E-state index contributed by atoms with van der Waals surface area (Å²) in [6, 6.07) is 6.66. The number of anilines is 1. The van der Waals surface area contributed by atoms with E-state index in [1.54, 1.807) is 24.3 Å². The number of benzene rings is 1. The molecule has 3 N–H and O–H groups in total. The third kappa shape index (κ3) is 3.41. The molecule has 0 atom stereocenters. The van der Waals surface area contributed by atoms with Crippen LogP contribution in [0.5, 0.6) is 5.75 Å². The van der Waals surface area contributed by atoms with Gasteiger partial charge in [-0.15, -0.1) is 5.10 Å². The number of carbonyl (C=O) groups is 1. The Labute approximate surface area is 114 Å². The summed E-state index contributed by atoms with van der Waals surface area (Å²) < 4.78 is 9.46. The van der Waals surface area contributed by atoms with E-state index in [1.165, 1.54) is 11.5 Å². The highest BCUT2D eigenvalue weighted by atomic mass is 32.1. The Balaban J connectivity index is 1.98. The quantitative estimate of drug-likeness (QED) is 0.838. The number of nitrogens with one attached hydrogen (secondary N) is 1. The van der Waals surface area contributed by atoms with Gasteiger partial charge in [0.25, 0.3) is 0 Å². The van der Waals surface area contributed by atoms with Crippen LogP contribution in [0.2, 0.25) is 0 Å². The van der Waals surface area contributed by atoms with Gasteiger partial charge in [0.2, 0.25) is 5.91 Å². The van der Waals surface area contributed by atoms with E-state index >= 15 is 0 Å². The Morgan fingerprint density at radius 1 is 1.42 bits per heavy atom. The van der Waals surface area contributed by atoms with Crippen molar-refractivity contribution in [1.82, 2.24) is 9.59 Å². The van der Waals surface area contributed by atoms with Crippen molar-refractivity contribution < 1.29 is 9.53 Å². The van der Waals surface area contributed by atoms with E-state index in [4.69, 9.17) is 10.5 Å². The van der Waals surface area contributed by atoms with Crippen molar-refractivity contribution in [2.24, 2.45) is 5.73 Å². The molecular formula is C12H14N4O2S. The van der Waals surface area contributed by atoms with Gasteiger partial charge in [-0.1, -0.05) is 4.49 Å². The minimum atomic E-state index is -0.454. The average Bonchev–Trinajstić information content (AvgIpc) is 2.85. The molecule has 0 spiro atoms. The molecular weight excluding hydrogens is 264 g/mol. The van der Waals surface area contributed by atoms with Gasteiger partial charge in [-0.2, -0.15) is 0 Å². The molecule has 1 heterocycles. The van der Waals surface area contributed by atoms with Crippen LogP contribution in [0.15, 0.2) is 24.3 Å². The fraction of sp³-hybridized carbons (Fsp3) is 0.250. The summed E-state index contributed by atoms with van der Waals surface area (Å²) in [6.07, 6.45) is 0. The second-order valence-electron chi connectivity index (χ2n) is 3.76. The van der Waals surface area contributed by atoms with Crippen LogP contribution in [0, 0.1) is 0 Å². The van der Waals surface area contributed by atoms with Crippen LogP contribution in [-0.4, -0.2) is 22.0 Å². The van der Waals surface area contributed by atoms with Crippen LogP contribution in [0.4, 0.5) is 5.00 Å². The maximum absolute atomic E-state index is 10.9. The van der Waals surface area contributed by atoms with E-state index in [9.17, 15) is 4.79 Å². The zero-order valence-electron chi connectivity index (χ0n) is 10.4. The van der Waals surface area contributed by atoms with E-state index < -0.39 is 5.91 Å². The van der Waals surface area contributed by atoms with Gasteiger partial charge in [0.15, 0.2) is 0 Å². The van der Waals surface area contributed by atoms with Crippen LogP contribution < -0.4 is 15.8 Å². The van der Waals surface area contributed by atoms with E-state index in [0.717, 1.165) is 17.2 Å². The van der Waals surface area contributed by atoms with E-state index in [2.05, 4.69) is 14.9 Å². The summed E-state index contributed by atoms with van der Waals surface area (Å²) in [4.78, 5) is 10.9. The third-order valence-electron chi connectivity index (χ3n) is 2.41. The predicted octanol–water partition coefficient (Wildman–Crippen LogP) is 1.65. The Morgan fingerprint density at radius 2 is 2.16 bits per heavy atom. The van der Waals surface area contributed by atoms with Gasteiger partial charge < -0.3 is 15.8 Å². The summed E-state index contributed by atoms with van der Waals surface area (Å²) in [5.41, 5.74) is 6.39. The second-order valence-corrected chi connectivity index (χ2v) is 4.51. The zero-order chi connectivity index (χ0) is 13.7. The first-order valence-electron chi connectivity index (χ1n) is 5.78. The van der Waals surface area contributed by atoms with Gasteiger partial charge in [-0.25, -0.2) is 0 Å². The first-order chi connectivity index (χ1) is 9.20. The van der Waals surface area contributed by atoms with Crippen molar-refractivity contribution in [3.8, 4) is 5.75 Å². The summed E-state index contributed by atoms with van der Waals surface area (Å²) in [5, 5.41) is 8.08. The van der Waals surface area contributed by atoms with Crippen molar-refractivity contribution in [2.45, 2.75) is 13.5 Å². The van der Waals surface area contributed by atoms with E-state index in [-0.39, 0.29) is 0 Å². The number of primary amides is 1. The smallest absolute Gasteiger partial charge is 0.248 e. The standard InChI is InChI=1S/C12H14N4O2S/c1-2-14-12-10(15-16-19-12)7-18-9-5-3-8(4-6-9)11(13)17/h3-6,14H,2,7H2,1H3,(H2,13,17). The zero-order valence-corrected chi connectivity index (χ0v) is 11.2. The number of hydrogen-bond donors (Lipinski definition) is 2. The fourth-order valence-corrected chi connectivity index (χ4v) is 2.10. The molecule has 0 aliphatic heterocycles. The third-order valence-corrected chi connectivity index (χ3v) is 3.13. The molecule has 0 aliphatic rings. The number of ether oxygens (including phenoxy) is 1. The average molecular weight is 278 g/mol. The molecule has 19 heavy (non-hydrogen) atoms. The molecule has 1 aromatic heterocycles. The first-order valence-corrected chi connectivity index (χ1v) is 6.55.